The second-order valence-corrected chi connectivity index (χ2v) is 6.56. The number of carbonyl (C=O) groups excluding carboxylic acids is 3. The fraction of sp³-hybridized carbons (Fsp3) is 0.211. The predicted molar refractivity (Wildman–Crippen MR) is 102 cm³/mol. The van der Waals surface area contributed by atoms with Crippen LogP contribution in [0.15, 0.2) is 42.5 Å². The van der Waals surface area contributed by atoms with Crippen LogP contribution < -0.4 is 20.7 Å². The van der Waals surface area contributed by atoms with Crippen molar-refractivity contribution in [1.82, 2.24) is 0 Å². The van der Waals surface area contributed by atoms with Gasteiger partial charge < -0.3 is 20.7 Å². The number of nitrogens with two attached hydrogens (primary N) is 1. The molecule has 3 amide bonds. The van der Waals surface area contributed by atoms with Gasteiger partial charge in [0.1, 0.15) is 5.75 Å². The zero-order valence-corrected chi connectivity index (χ0v) is 15.3. The summed E-state index contributed by atoms with van der Waals surface area (Å²) in [5, 5.41) is 2.92. The van der Waals surface area contributed by atoms with Crippen LogP contribution in [0.1, 0.15) is 16.8 Å². The molecule has 7 nitrogen and oxygen atoms in total. The Morgan fingerprint density at radius 1 is 1.26 bits per heavy atom. The van der Waals surface area contributed by atoms with Crippen LogP contribution in [0.25, 0.3) is 0 Å². The number of hydrogen-bond acceptors (Lipinski definition) is 4. The molecule has 3 rings (SSSR count). The lowest BCUT2D eigenvalue weighted by Crippen LogP contribution is -2.28. The largest absolute Gasteiger partial charge is 0.497 e. The first-order valence-corrected chi connectivity index (χ1v) is 8.61. The fourth-order valence-electron chi connectivity index (χ4n) is 2.95. The second kappa shape index (κ2) is 7.67. The highest BCUT2D eigenvalue weighted by Crippen LogP contribution is 2.29. The summed E-state index contributed by atoms with van der Waals surface area (Å²) < 4.78 is 5.18. The number of primary amides is 1. The number of anilines is 2. The van der Waals surface area contributed by atoms with Crippen molar-refractivity contribution in [3.63, 3.8) is 0 Å². The molecule has 0 aromatic heterocycles. The molecule has 8 heteroatoms. The molecule has 1 saturated heterocycles. The minimum Gasteiger partial charge on any atom is -0.497 e. The Kier molecular flexibility index (Phi) is 5.32. The van der Waals surface area contributed by atoms with Gasteiger partial charge in [0.05, 0.1) is 23.6 Å². The van der Waals surface area contributed by atoms with Crippen molar-refractivity contribution in [2.75, 3.05) is 23.9 Å². The number of benzene rings is 2. The maximum Gasteiger partial charge on any atom is 0.250 e. The third-order valence-corrected chi connectivity index (χ3v) is 4.69. The van der Waals surface area contributed by atoms with Crippen LogP contribution in [0.5, 0.6) is 5.75 Å². The molecule has 2 aromatic rings. The first-order valence-electron chi connectivity index (χ1n) is 8.23. The van der Waals surface area contributed by atoms with E-state index >= 15 is 0 Å². The highest BCUT2D eigenvalue weighted by Gasteiger charge is 2.35. The topological polar surface area (TPSA) is 102 Å². The van der Waals surface area contributed by atoms with E-state index in [4.69, 9.17) is 22.1 Å². The van der Waals surface area contributed by atoms with E-state index in [-0.39, 0.29) is 35.4 Å². The van der Waals surface area contributed by atoms with Gasteiger partial charge in [-0.25, -0.2) is 0 Å². The van der Waals surface area contributed by atoms with E-state index in [1.807, 2.05) is 0 Å². The molecule has 1 aliphatic rings. The Hall–Kier alpha value is -3.06. The van der Waals surface area contributed by atoms with Crippen LogP contribution in [0.4, 0.5) is 11.4 Å². The quantitative estimate of drug-likeness (QED) is 0.822. The van der Waals surface area contributed by atoms with Crippen LogP contribution in [-0.2, 0) is 9.59 Å². The molecule has 1 atom stereocenters. The molecule has 0 aliphatic carbocycles. The van der Waals surface area contributed by atoms with Crippen molar-refractivity contribution in [3.8, 4) is 5.75 Å². The van der Waals surface area contributed by atoms with E-state index < -0.39 is 11.8 Å². The highest BCUT2D eigenvalue weighted by atomic mass is 35.5. The number of halogens is 1. The van der Waals surface area contributed by atoms with Gasteiger partial charge in [-0.1, -0.05) is 17.7 Å². The van der Waals surface area contributed by atoms with Crippen LogP contribution in [0, 0.1) is 5.92 Å². The lowest BCUT2D eigenvalue weighted by molar-refractivity contribution is -0.122. The van der Waals surface area contributed by atoms with E-state index in [0.717, 1.165) is 0 Å². The Morgan fingerprint density at radius 2 is 2.04 bits per heavy atom. The molecule has 3 N–H and O–H groups in total. The van der Waals surface area contributed by atoms with E-state index in [1.54, 1.807) is 42.3 Å². The SMILES string of the molecule is COc1cccc(N2CC(C(=O)Nc3ccc(Cl)c(C(N)=O)c3)CC2=O)c1. The maximum absolute atomic E-state index is 12.6. The van der Waals surface area contributed by atoms with Crippen molar-refractivity contribution in [2.24, 2.45) is 11.7 Å². The lowest BCUT2D eigenvalue weighted by atomic mass is 10.1. The van der Waals surface area contributed by atoms with Crippen molar-refractivity contribution < 1.29 is 19.1 Å². The summed E-state index contributed by atoms with van der Waals surface area (Å²) in [5.41, 5.74) is 6.46. The molecule has 1 fully saturated rings. The first-order chi connectivity index (χ1) is 12.9. The van der Waals surface area contributed by atoms with Gasteiger partial charge >= 0.3 is 0 Å². The van der Waals surface area contributed by atoms with Crippen LogP contribution in [-0.4, -0.2) is 31.4 Å². The van der Waals surface area contributed by atoms with E-state index in [2.05, 4.69) is 5.32 Å². The molecule has 1 heterocycles. The number of hydrogen-bond donors (Lipinski definition) is 2. The van der Waals surface area contributed by atoms with Crippen LogP contribution in [0.3, 0.4) is 0 Å². The normalized spacial score (nSPS) is 16.3. The summed E-state index contributed by atoms with van der Waals surface area (Å²) in [6, 6.07) is 11.6. The Balaban J connectivity index is 1.72. The lowest BCUT2D eigenvalue weighted by Gasteiger charge is -2.17. The molecule has 0 bridgehead atoms. The molecule has 2 aromatic carbocycles. The summed E-state index contributed by atoms with van der Waals surface area (Å²) in [5.74, 6) is -1.02. The van der Waals surface area contributed by atoms with Crippen LogP contribution in [0.2, 0.25) is 5.02 Å². The molecule has 1 aliphatic heterocycles. The smallest absolute Gasteiger partial charge is 0.250 e. The van der Waals surface area contributed by atoms with Gasteiger partial charge in [-0.05, 0) is 30.3 Å². The van der Waals surface area contributed by atoms with Crippen molar-refractivity contribution >= 4 is 40.7 Å². The molecule has 0 saturated carbocycles. The molecule has 1 unspecified atom stereocenters. The average molecular weight is 388 g/mol. The summed E-state index contributed by atoms with van der Waals surface area (Å²) in [4.78, 5) is 37.9. The fourth-order valence-corrected chi connectivity index (χ4v) is 3.16. The zero-order valence-electron chi connectivity index (χ0n) is 14.6. The maximum atomic E-state index is 12.6. The third kappa shape index (κ3) is 4.03. The molecule has 0 radical (unpaired) electrons. The molecule has 0 spiro atoms. The number of nitrogens with one attached hydrogen (secondary N) is 1. The zero-order chi connectivity index (χ0) is 19.6. The summed E-state index contributed by atoms with van der Waals surface area (Å²) in [6.45, 7) is 0.258. The first kappa shape index (κ1) is 18.7. The number of carbonyl (C=O) groups is 3. The Morgan fingerprint density at radius 3 is 2.74 bits per heavy atom. The van der Waals surface area contributed by atoms with Gasteiger partial charge in [0.25, 0.3) is 0 Å². The number of rotatable bonds is 5. The predicted octanol–water partition coefficient (Wildman–Crippen LogP) is 2.44. The monoisotopic (exact) mass is 387 g/mol. The summed E-state index contributed by atoms with van der Waals surface area (Å²) >= 11 is 5.91. The van der Waals surface area contributed by atoms with Gasteiger partial charge in [0.2, 0.25) is 17.7 Å². The second-order valence-electron chi connectivity index (χ2n) is 6.15. The Labute approximate surface area is 161 Å². The minimum atomic E-state index is -0.684. The molecular formula is C19H18ClN3O4. The van der Waals surface area contributed by atoms with Gasteiger partial charge in [-0.15, -0.1) is 0 Å². The van der Waals surface area contributed by atoms with E-state index in [9.17, 15) is 14.4 Å². The number of amides is 3. The average Bonchev–Trinajstić information content (AvgIpc) is 3.05. The summed E-state index contributed by atoms with van der Waals surface area (Å²) in [6.07, 6.45) is 0.0965. The Bertz CT molecular complexity index is 916. The van der Waals surface area contributed by atoms with Gasteiger partial charge in [-0.2, -0.15) is 0 Å². The number of nitrogens with zero attached hydrogens (tertiary/aromatic N) is 1. The van der Waals surface area contributed by atoms with Crippen molar-refractivity contribution in [3.05, 3.63) is 53.1 Å². The minimum absolute atomic E-state index is 0.0965. The molecular weight excluding hydrogens is 370 g/mol. The van der Waals surface area contributed by atoms with Gasteiger partial charge in [0.15, 0.2) is 0 Å². The standard InChI is InChI=1S/C19H18ClN3O4/c1-27-14-4-2-3-13(9-14)23-10-11(7-17(23)24)19(26)22-12-5-6-16(20)15(8-12)18(21)25/h2-6,8-9,11H,7,10H2,1H3,(H2,21,25)(H,22,26). The third-order valence-electron chi connectivity index (χ3n) is 4.36. The van der Waals surface area contributed by atoms with Gasteiger partial charge in [-0.3, -0.25) is 14.4 Å². The highest BCUT2D eigenvalue weighted by molar-refractivity contribution is 6.34. The summed E-state index contributed by atoms with van der Waals surface area (Å²) in [7, 11) is 1.55. The van der Waals surface area contributed by atoms with Crippen molar-refractivity contribution in [2.45, 2.75) is 6.42 Å². The number of ether oxygens (including phenoxy) is 1. The van der Waals surface area contributed by atoms with Crippen molar-refractivity contribution in [1.29, 1.82) is 0 Å². The van der Waals surface area contributed by atoms with E-state index in [0.29, 0.717) is 17.1 Å². The van der Waals surface area contributed by atoms with E-state index in [1.165, 1.54) is 12.1 Å². The molecule has 27 heavy (non-hydrogen) atoms. The molecule has 140 valence electrons. The van der Waals surface area contributed by atoms with Gasteiger partial charge in [0, 0.05) is 30.4 Å². The number of methoxy groups -OCH3 is 1. The van der Waals surface area contributed by atoms with Crippen LogP contribution >= 0.6 is 11.6 Å².